The maximum absolute atomic E-state index is 12.7. The molecule has 28 heavy (non-hydrogen) atoms. The van der Waals surface area contributed by atoms with Gasteiger partial charge >= 0.3 is 0 Å². The molecule has 1 amide bonds. The summed E-state index contributed by atoms with van der Waals surface area (Å²) in [4.78, 5) is 15.0. The first-order chi connectivity index (χ1) is 13.3. The summed E-state index contributed by atoms with van der Waals surface area (Å²) in [5.41, 5.74) is 2.10. The summed E-state index contributed by atoms with van der Waals surface area (Å²) in [6.07, 6.45) is 3.46. The van der Waals surface area contributed by atoms with E-state index in [2.05, 4.69) is 10.2 Å². The highest BCUT2D eigenvalue weighted by Crippen LogP contribution is 2.25. The van der Waals surface area contributed by atoms with Crippen LogP contribution in [0.3, 0.4) is 0 Å². The Hall–Kier alpha value is -2.25. The van der Waals surface area contributed by atoms with Crippen LogP contribution in [0.5, 0.6) is 0 Å². The molecule has 0 aliphatic carbocycles. The van der Waals surface area contributed by atoms with Crippen molar-refractivity contribution in [3.63, 3.8) is 0 Å². The zero-order valence-corrected chi connectivity index (χ0v) is 17.5. The van der Waals surface area contributed by atoms with E-state index in [0.29, 0.717) is 16.4 Å². The quantitative estimate of drug-likeness (QED) is 0.771. The van der Waals surface area contributed by atoms with Gasteiger partial charge in [-0.3, -0.25) is 9.10 Å². The molecular formula is C20H24ClN3O3S. The number of carbonyl (C=O) groups excluding carboxylic acids is 1. The van der Waals surface area contributed by atoms with E-state index >= 15 is 0 Å². The number of rotatable bonds is 6. The van der Waals surface area contributed by atoms with Crippen molar-refractivity contribution in [3.8, 4) is 0 Å². The van der Waals surface area contributed by atoms with Gasteiger partial charge in [-0.1, -0.05) is 17.7 Å². The standard InChI is InChI=1S/C20H24ClN3O3S/c1-15(24(28(2,26)27)19-7-5-6-16(21)14-19)20(25)22-17-8-10-18(11-9-17)23-12-3-4-13-23/h5-11,14-15H,3-4,12-13H2,1-2H3,(H,22,25). The van der Waals surface area contributed by atoms with Crippen LogP contribution in [-0.4, -0.2) is 39.7 Å². The molecule has 150 valence electrons. The summed E-state index contributed by atoms with van der Waals surface area (Å²) >= 11 is 6.00. The van der Waals surface area contributed by atoms with E-state index in [1.165, 1.54) is 18.9 Å². The van der Waals surface area contributed by atoms with Gasteiger partial charge in [-0.25, -0.2) is 8.42 Å². The highest BCUT2D eigenvalue weighted by atomic mass is 35.5. The van der Waals surface area contributed by atoms with Crippen LogP contribution in [0.2, 0.25) is 5.02 Å². The van der Waals surface area contributed by atoms with Gasteiger partial charge in [0.15, 0.2) is 0 Å². The van der Waals surface area contributed by atoms with Crippen molar-refractivity contribution < 1.29 is 13.2 Å². The lowest BCUT2D eigenvalue weighted by Gasteiger charge is -2.28. The molecule has 1 atom stereocenters. The normalized spacial score (nSPS) is 15.3. The van der Waals surface area contributed by atoms with Crippen LogP contribution in [0.4, 0.5) is 17.1 Å². The Balaban J connectivity index is 1.76. The van der Waals surface area contributed by atoms with Gasteiger partial charge in [-0.15, -0.1) is 0 Å². The van der Waals surface area contributed by atoms with Crippen molar-refractivity contribution in [1.29, 1.82) is 0 Å². The zero-order chi connectivity index (χ0) is 20.3. The molecule has 1 heterocycles. The minimum atomic E-state index is -3.68. The van der Waals surface area contributed by atoms with Crippen LogP contribution in [0.15, 0.2) is 48.5 Å². The van der Waals surface area contributed by atoms with E-state index in [4.69, 9.17) is 11.6 Å². The van der Waals surface area contributed by atoms with E-state index in [1.54, 1.807) is 25.1 Å². The van der Waals surface area contributed by atoms with Gasteiger partial charge in [0.2, 0.25) is 15.9 Å². The van der Waals surface area contributed by atoms with E-state index in [0.717, 1.165) is 29.3 Å². The molecule has 1 fully saturated rings. The number of carbonyl (C=O) groups is 1. The predicted molar refractivity (Wildman–Crippen MR) is 115 cm³/mol. The number of amides is 1. The third kappa shape index (κ3) is 4.77. The molecule has 1 N–H and O–H groups in total. The van der Waals surface area contributed by atoms with Gasteiger partial charge in [0.25, 0.3) is 0 Å². The summed E-state index contributed by atoms with van der Waals surface area (Å²) in [6.45, 7) is 3.65. The second-order valence-electron chi connectivity index (χ2n) is 6.94. The van der Waals surface area contributed by atoms with Crippen LogP contribution < -0.4 is 14.5 Å². The average molecular weight is 422 g/mol. The highest BCUT2D eigenvalue weighted by Gasteiger charge is 2.29. The van der Waals surface area contributed by atoms with Crippen LogP contribution in [0.25, 0.3) is 0 Å². The fraction of sp³-hybridized carbons (Fsp3) is 0.350. The first-order valence-electron chi connectivity index (χ1n) is 9.16. The van der Waals surface area contributed by atoms with Gasteiger partial charge in [-0.05, 0) is 62.2 Å². The molecule has 3 rings (SSSR count). The zero-order valence-electron chi connectivity index (χ0n) is 15.9. The van der Waals surface area contributed by atoms with Crippen molar-refractivity contribution in [2.45, 2.75) is 25.8 Å². The van der Waals surface area contributed by atoms with Crippen molar-refractivity contribution in [3.05, 3.63) is 53.6 Å². The molecule has 1 aliphatic heterocycles. The number of nitrogens with zero attached hydrogens (tertiary/aromatic N) is 2. The maximum atomic E-state index is 12.7. The van der Waals surface area contributed by atoms with Crippen LogP contribution >= 0.6 is 11.6 Å². The van der Waals surface area contributed by atoms with Crippen LogP contribution in [-0.2, 0) is 14.8 Å². The molecule has 1 saturated heterocycles. The lowest BCUT2D eigenvalue weighted by Crippen LogP contribution is -2.45. The molecule has 1 aliphatic rings. The SMILES string of the molecule is CC(C(=O)Nc1ccc(N2CCCC2)cc1)N(c1cccc(Cl)c1)S(C)(=O)=O. The molecule has 0 bridgehead atoms. The number of hydrogen-bond acceptors (Lipinski definition) is 4. The number of benzene rings is 2. The first kappa shape index (κ1) is 20.5. The Morgan fingerprint density at radius 1 is 1.14 bits per heavy atom. The Morgan fingerprint density at radius 2 is 1.79 bits per heavy atom. The molecule has 8 heteroatoms. The van der Waals surface area contributed by atoms with Gasteiger partial charge < -0.3 is 10.2 Å². The molecular weight excluding hydrogens is 398 g/mol. The summed E-state index contributed by atoms with van der Waals surface area (Å²) in [5, 5.41) is 3.20. The third-order valence-corrected chi connectivity index (χ3v) is 6.23. The Bertz CT molecular complexity index is 941. The number of halogens is 1. The van der Waals surface area contributed by atoms with Crippen molar-refractivity contribution >= 4 is 44.6 Å². The van der Waals surface area contributed by atoms with Gasteiger partial charge in [-0.2, -0.15) is 0 Å². The number of hydrogen-bond donors (Lipinski definition) is 1. The molecule has 0 aromatic heterocycles. The molecule has 0 saturated carbocycles. The van der Waals surface area contributed by atoms with Crippen LogP contribution in [0.1, 0.15) is 19.8 Å². The summed E-state index contributed by atoms with van der Waals surface area (Å²) < 4.78 is 25.7. The van der Waals surface area contributed by atoms with E-state index < -0.39 is 22.0 Å². The minimum Gasteiger partial charge on any atom is -0.372 e. The van der Waals surface area contributed by atoms with Crippen molar-refractivity contribution in [1.82, 2.24) is 0 Å². The highest BCUT2D eigenvalue weighted by molar-refractivity contribution is 7.92. The average Bonchev–Trinajstić information content (AvgIpc) is 3.16. The fourth-order valence-electron chi connectivity index (χ4n) is 3.40. The fourth-order valence-corrected chi connectivity index (χ4v) is 4.75. The van der Waals surface area contributed by atoms with E-state index in [9.17, 15) is 13.2 Å². The summed E-state index contributed by atoms with van der Waals surface area (Å²) in [6, 6.07) is 13.1. The second kappa shape index (κ2) is 8.41. The topological polar surface area (TPSA) is 69.7 Å². The molecule has 6 nitrogen and oxygen atoms in total. The van der Waals surface area contributed by atoms with Crippen molar-refractivity contribution in [2.75, 3.05) is 33.9 Å². The lowest BCUT2D eigenvalue weighted by atomic mass is 10.2. The smallest absolute Gasteiger partial charge is 0.247 e. The van der Waals surface area contributed by atoms with Crippen molar-refractivity contribution in [2.24, 2.45) is 0 Å². The van der Waals surface area contributed by atoms with Gasteiger partial charge in [0.1, 0.15) is 6.04 Å². The molecule has 0 spiro atoms. The lowest BCUT2D eigenvalue weighted by molar-refractivity contribution is -0.116. The second-order valence-corrected chi connectivity index (χ2v) is 9.24. The van der Waals surface area contributed by atoms with E-state index in [-0.39, 0.29) is 0 Å². The summed E-state index contributed by atoms with van der Waals surface area (Å²) in [7, 11) is -3.68. The van der Waals surface area contributed by atoms with Gasteiger partial charge in [0.05, 0.1) is 11.9 Å². The number of sulfonamides is 1. The molecule has 2 aromatic rings. The van der Waals surface area contributed by atoms with Crippen LogP contribution in [0, 0.1) is 0 Å². The summed E-state index contributed by atoms with van der Waals surface area (Å²) in [5.74, 6) is -0.417. The minimum absolute atomic E-state index is 0.349. The maximum Gasteiger partial charge on any atom is 0.247 e. The largest absolute Gasteiger partial charge is 0.372 e. The molecule has 1 unspecified atom stereocenters. The third-order valence-electron chi connectivity index (χ3n) is 4.76. The first-order valence-corrected chi connectivity index (χ1v) is 11.4. The Morgan fingerprint density at radius 3 is 2.36 bits per heavy atom. The molecule has 2 aromatic carbocycles. The Kier molecular flexibility index (Phi) is 6.15. The predicted octanol–water partition coefficient (Wildman–Crippen LogP) is 3.73. The monoisotopic (exact) mass is 421 g/mol. The number of anilines is 3. The van der Waals surface area contributed by atoms with E-state index in [1.807, 2.05) is 24.3 Å². The molecule has 0 radical (unpaired) electrons. The Labute approximate surface area is 171 Å². The number of nitrogens with one attached hydrogen (secondary N) is 1. The van der Waals surface area contributed by atoms with Gasteiger partial charge in [0, 0.05) is 29.5 Å².